The average Bonchev–Trinajstić information content (AvgIpc) is 2.14. The summed E-state index contributed by atoms with van der Waals surface area (Å²) in [6, 6.07) is 0. The summed E-state index contributed by atoms with van der Waals surface area (Å²) in [6.07, 6.45) is 1.84. The number of carbonyl (C=O) groups is 1. The van der Waals surface area contributed by atoms with Gasteiger partial charge >= 0.3 is 0 Å². The Hall–Kier alpha value is -0.920. The Bertz CT molecular complexity index is 201. The standard InChI is InChI=1S/C7H9NO/c1-5-3-7(4-8-5)6(2)9/h3H,4H2,1-2H3. The van der Waals surface area contributed by atoms with Crippen molar-refractivity contribution in [2.45, 2.75) is 13.8 Å². The highest BCUT2D eigenvalue weighted by Crippen LogP contribution is 2.05. The fourth-order valence-electron chi connectivity index (χ4n) is 0.766. The van der Waals surface area contributed by atoms with Crippen molar-refractivity contribution in [2.75, 3.05) is 6.54 Å². The quantitative estimate of drug-likeness (QED) is 0.511. The second-order valence-electron chi connectivity index (χ2n) is 2.18. The van der Waals surface area contributed by atoms with Crippen LogP contribution >= 0.6 is 0 Å². The molecule has 0 saturated heterocycles. The van der Waals surface area contributed by atoms with E-state index in [0.717, 1.165) is 11.3 Å². The Labute approximate surface area is 54.3 Å². The minimum atomic E-state index is 0.135. The number of allylic oxidation sites excluding steroid dienone is 1. The van der Waals surface area contributed by atoms with E-state index in [0.29, 0.717) is 6.54 Å². The predicted octanol–water partition coefficient (Wildman–Crippen LogP) is 0.976. The Balaban J connectivity index is 2.71. The molecule has 9 heavy (non-hydrogen) atoms. The molecule has 1 heterocycles. The molecule has 0 unspecified atom stereocenters. The molecule has 0 amide bonds. The largest absolute Gasteiger partial charge is 0.295 e. The SMILES string of the molecule is CC(=O)C1=CC(C)=NC1. The molecule has 0 aromatic carbocycles. The topological polar surface area (TPSA) is 29.4 Å². The zero-order valence-corrected chi connectivity index (χ0v) is 5.64. The number of Topliss-reactive ketones (excluding diaryl/α,β-unsaturated/α-hetero) is 1. The third kappa shape index (κ3) is 1.25. The first-order valence-electron chi connectivity index (χ1n) is 2.92. The number of rotatable bonds is 1. The van der Waals surface area contributed by atoms with Crippen molar-refractivity contribution in [3.8, 4) is 0 Å². The summed E-state index contributed by atoms with van der Waals surface area (Å²) >= 11 is 0. The Kier molecular flexibility index (Phi) is 1.47. The van der Waals surface area contributed by atoms with Crippen LogP contribution in [-0.2, 0) is 4.79 Å². The Morgan fingerprint density at radius 2 is 2.44 bits per heavy atom. The summed E-state index contributed by atoms with van der Waals surface area (Å²) in [4.78, 5) is 14.7. The molecule has 0 saturated carbocycles. The van der Waals surface area contributed by atoms with Gasteiger partial charge in [-0.25, -0.2) is 0 Å². The molecule has 0 bridgehead atoms. The first-order valence-corrected chi connectivity index (χ1v) is 2.92. The molecule has 1 rings (SSSR count). The zero-order chi connectivity index (χ0) is 6.85. The van der Waals surface area contributed by atoms with Crippen molar-refractivity contribution >= 4 is 11.5 Å². The predicted molar refractivity (Wildman–Crippen MR) is 36.7 cm³/mol. The van der Waals surface area contributed by atoms with Crippen LogP contribution in [0.15, 0.2) is 16.6 Å². The molecule has 0 aromatic heterocycles. The molecule has 0 radical (unpaired) electrons. The Morgan fingerprint density at radius 1 is 1.78 bits per heavy atom. The fourth-order valence-corrected chi connectivity index (χ4v) is 0.766. The number of ketones is 1. The number of hydrogen-bond donors (Lipinski definition) is 0. The van der Waals surface area contributed by atoms with Gasteiger partial charge < -0.3 is 0 Å². The van der Waals surface area contributed by atoms with Gasteiger partial charge in [0.25, 0.3) is 0 Å². The molecule has 0 atom stereocenters. The molecule has 0 spiro atoms. The van der Waals surface area contributed by atoms with Crippen LogP contribution in [0.5, 0.6) is 0 Å². The van der Waals surface area contributed by atoms with E-state index in [9.17, 15) is 4.79 Å². The fraction of sp³-hybridized carbons (Fsp3) is 0.429. The lowest BCUT2D eigenvalue weighted by Gasteiger charge is -1.87. The van der Waals surface area contributed by atoms with Crippen molar-refractivity contribution in [2.24, 2.45) is 4.99 Å². The highest BCUT2D eigenvalue weighted by molar-refractivity contribution is 6.06. The molecule has 1 aliphatic heterocycles. The van der Waals surface area contributed by atoms with Gasteiger partial charge in [0, 0.05) is 11.3 Å². The van der Waals surface area contributed by atoms with Gasteiger partial charge in [-0.3, -0.25) is 9.79 Å². The highest BCUT2D eigenvalue weighted by Gasteiger charge is 2.07. The molecular formula is C7H9NO. The van der Waals surface area contributed by atoms with E-state index in [-0.39, 0.29) is 5.78 Å². The molecular weight excluding hydrogens is 114 g/mol. The summed E-state index contributed by atoms with van der Waals surface area (Å²) in [5.74, 6) is 0.135. The summed E-state index contributed by atoms with van der Waals surface area (Å²) < 4.78 is 0. The smallest absolute Gasteiger partial charge is 0.157 e. The zero-order valence-electron chi connectivity index (χ0n) is 5.64. The first kappa shape index (κ1) is 6.20. The van der Waals surface area contributed by atoms with Gasteiger partial charge in [0.1, 0.15) is 0 Å². The van der Waals surface area contributed by atoms with Gasteiger partial charge in [-0.05, 0) is 19.9 Å². The maximum Gasteiger partial charge on any atom is 0.157 e. The highest BCUT2D eigenvalue weighted by atomic mass is 16.1. The van der Waals surface area contributed by atoms with Gasteiger partial charge in [0.2, 0.25) is 0 Å². The number of nitrogens with zero attached hydrogens (tertiary/aromatic N) is 1. The van der Waals surface area contributed by atoms with Gasteiger partial charge in [0.05, 0.1) is 6.54 Å². The molecule has 2 nitrogen and oxygen atoms in total. The molecule has 2 heteroatoms. The van der Waals surface area contributed by atoms with Crippen molar-refractivity contribution in [1.82, 2.24) is 0 Å². The van der Waals surface area contributed by atoms with Crippen LogP contribution in [0.3, 0.4) is 0 Å². The van der Waals surface area contributed by atoms with E-state index in [2.05, 4.69) is 4.99 Å². The minimum absolute atomic E-state index is 0.135. The molecule has 48 valence electrons. The molecule has 0 aromatic rings. The minimum Gasteiger partial charge on any atom is -0.295 e. The van der Waals surface area contributed by atoms with Crippen LogP contribution in [0.1, 0.15) is 13.8 Å². The number of carbonyl (C=O) groups excluding carboxylic acids is 1. The second-order valence-corrected chi connectivity index (χ2v) is 2.18. The van der Waals surface area contributed by atoms with Crippen LogP contribution in [-0.4, -0.2) is 18.0 Å². The third-order valence-electron chi connectivity index (χ3n) is 1.33. The van der Waals surface area contributed by atoms with Crippen molar-refractivity contribution in [3.05, 3.63) is 11.6 Å². The third-order valence-corrected chi connectivity index (χ3v) is 1.33. The maximum absolute atomic E-state index is 10.6. The lowest BCUT2D eigenvalue weighted by atomic mass is 10.2. The second kappa shape index (κ2) is 2.13. The average molecular weight is 123 g/mol. The van der Waals surface area contributed by atoms with Gasteiger partial charge in [-0.2, -0.15) is 0 Å². The molecule has 0 aliphatic carbocycles. The van der Waals surface area contributed by atoms with Gasteiger partial charge in [-0.15, -0.1) is 0 Å². The molecule has 0 fully saturated rings. The lowest BCUT2D eigenvalue weighted by molar-refractivity contribution is -0.113. The lowest BCUT2D eigenvalue weighted by Crippen LogP contribution is -1.96. The van der Waals surface area contributed by atoms with Crippen LogP contribution in [0, 0.1) is 0 Å². The van der Waals surface area contributed by atoms with E-state index in [4.69, 9.17) is 0 Å². The van der Waals surface area contributed by atoms with Crippen LogP contribution in [0.2, 0.25) is 0 Å². The van der Waals surface area contributed by atoms with E-state index in [1.54, 1.807) is 6.92 Å². The maximum atomic E-state index is 10.6. The monoisotopic (exact) mass is 123 g/mol. The van der Waals surface area contributed by atoms with Gasteiger partial charge in [0.15, 0.2) is 5.78 Å². The van der Waals surface area contributed by atoms with Crippen LogP contribution < -0.4 is 0 Å². The van der Waals surface area contributed by atoms with Gasteiger partial charge in [-0.1, -0.05) is 0 Å². The van der Waals surface area contributed by atoms with E-state index < -0.39 is 0 Å². The van der Waals surface area contributed by atoms with Crippen molar-refractivity contribution in [1.29, 1.82) is 0 Å². The summed E-state index contributed by atoms with van der Waals surface area (Å²) in [5.41, 5.74) is 1.78. The van der Waals surface area contributed by atoms with E-state index >= 15 is 0 Å². The van der Waals surface area contributed by atoms with Crippen molar-refractivity contribution in [3.63, 3.8) is 0 Å². The van der Waals surface area contributed by atoms with Crippen molar-refractivity contribution < 1.29 is 4.79 Å². The molecule has 1 aliphatic rings. The number of aliphatic imine (C=N–C) groups is 1. The Morgan fingerprint density at radius 3 is 2.67 bits per heavy atom. The first-order chi connectivity index (χ1) is 4.20. The summed E-state index contributed by atoms with van der Waals surface area (Å²) in [5, 5.41) is 0. The van der Waals surface area contributed by atoms with Crippen LogP contribution in [0.25, 0.3) is 0 Å². The summed E-state index contributed by atoms with van der Waals surface area (Å²) in [7, 11) is 0. The normalized spacial score (nSPS) is 17.1. The molecule has 0 N–H and O–H groups in total. The van der Waals surface area contributed by atoms with E-state index in [1.807, 2.05) is 13.0 Å². The number of hydrogen-bond acceptors (Lipinski definition) is 2. The van der Waals surface area contributed by atoms with E-state index in [1.165, 1.54) is 0 Å². The van der Waals surface area contributed by atoms with Crippen LogP contribution in [0.4, 0.5) is 0 Å². The summed E-state index contributed by atoms with van der Waals surface area (Å²) in [6.45, 7) is 4.05.